The van der Waals surface area contributed by atoms with E-state index < -0.39 is 11.5 Å². The largest absolute Gasteiger partial charge is 0.344 e. The van der Waals surface area contributed by atoms with Gasteiger partial charge in [0.1, 0.15) is 11.1 Å². The van der Waals surface area contributed by atoms with Gasteiger partial charge in [0, 0.05) is 6.20 Å². The Labute approximate surface area is 117 Å². The maximum Gasteiger partial charge on any atom is 0.260 e. The maximum atomic E-state index is 12.0. The lowest BCUT2D eigenvalue weighted by Crippen LogP contribution is -2.31. The Morgan fingerprint density at radius 2 is 2.40 bits per heavy atom. The van der Waals surface area contributed by atoms with E-state index in [1.165, 1.54) is 23.6 Å². The van der Waals surface area contributed by atoms with Crippen molar-refractivity contribution >= 4 is 22.2 Å². The predicted octanol–water partition coefficient (Wildman–Crippen LogP) is 0.970. The molecule has 102 valence electrons. The van der Waals surface area contributed by atoms with Gasteiger partial charge in [0.15, 0.2) is 0 Å². The molecule has 0 saturated carbocycles. The highest BCUT2D eigenvalue weighted by Gasteiger charge is 2.16. The van der Waals surface area contributed by atoms with Gasteiger partial charge < -0.3 is 10.3 Å². The van der Waals surface area contributed by atoms with Crippen molar-refractivity contribution in [2.45, 2.75) is 13.0 Å². The van der Waals surface area contributed by atoms with Crippen molar-refractivity contribution < 1.29 is 4.79 Å². The van der Waals surface area contributed by atoms with Crippen LogP contribution in [-0.4, -0.2) is 25.5 Å². The number of fused-ring (bicyclic) bond motifs is 1. The molecule has 0 aromatic carbocycles. The minimum atomic E-state index is -0.427. The summed E-state index contributed by atoms with van der Waals surface area (Å²) in [5.41, 5.74) is 2.06. The van der Waals surface area contributed by atoms with Crippen LogP contribution in [0, 0.1) is 0 Å². The first kappa shape index (κ1) is 12.5. The first-order valence-corrected chi connectivity index (χ1v) is 6.80. The molecule has 1 unspecified atom stereocenters. The van der Waals surface area contributed by atoms with Crippen molar-refractivity contribution in [3.05, 3.63) is 51.6 Å². The molecular weight excluding hydrogens is 278 g/mol. The standard InChI is InChI=1S/C12H11N5O2S/c1-7(9-5-17-12(16-9)20-6-14-17)15-11(19)8-3-2-4-13-10(8)18/h2-7H,1H3,(H,13,18)(H,15,19). The lowest BCUT2D eigenvalue weighted by Gasteiger charge is -2.10. The third kappa shape index (κ3) is 2.21. The van der Waals surface area contributed by atoms with E-state index >= 15 is 0 Å². The van der Waals surface area contributed by atoms with E-state index in [0.29, 0.717) is 5.69 Å². The summed E-state index contributed by atoms with van der Waals surface area (Å²) >= 11 is 1.42. The molecule has 20 heavy (non-hydrogen) atoms. The van der Waals surface area contributed by atoms with Crippen LogP contribution in [0.15, 0.2) is 34.8 Å². The Hall–Kier alpha value is -2.48. The van der Waals surface area contributed by atoms with E-state index in [9.17, 15) is 9.59 Å². The zero-order valence-corrected chi connectivity index (χ0v) is 11.3. The summed E-state index contributed by atoms with van der Waals surface area (Å²) in [6, 6.07) is 2.78. The first-order chi connectivity index (χ1) is 9.65. The summed E-state index contributed by atoms with van der Waals surface area (Å²) in [5, 5.41) is 6.82. The van der Waals surface area contributed by atoms with Gasteiger partial charge in [-0.25, -0.2) is 9.50 Å². The number of nitrogens with zero attached hydrogens (tertiary/aromatic N) is 3. The number of pyridine rings is 1. The fourth-order valence-electron chi connectivity index (χ4n) is 1.81. The molecule has 3 aromatic rings. The van der Waals surface area contributed by atoms with Crippen molar-refractivity contribution in [2.75, 3.05) is 0 Å². The Morgan fingerprint density at radius 3 is 3.15 bits per heavy atom. The molecule has 0 spiro atoms. The van der Waals surface area contributed by atoms with Crippen molar-refractivity contribution in [3.8, 4) is 0 Å². The minimum absolute atomic E-state index is 0.0819. The molecule has 8 heteroatoms. The molecule has 1 atom stereocenters. The third-order valence-electron chi connectivity index (χ3n) is 2.86. The number of carbonyl (C=O) groups excluding carboxylic acids is 1. The van der Waals surface area contributed by atoms with Crippen LogP contribution >= 0.6 is 11.3 Å². The number of aromatic amines is 1. The topological polar surface area (TPSA) is 92.2 Å². The average Bonchev–Trinajstić information content (AvgIpc) is 2.99. The van der Waals surface area contributed by atoms with Gasteiger partial charge >= 0.3 is 0 Å². The highest BCUT2D eigenvalue weighted by atomic mass is 32.1. The molecule has 2 N–H and O–H groups in total. The number of amides is 1. The van der Waals surface area contributed by atoms with Crippen LogP contribution in [-0.2, 0) is 0 Å². The summed E-state index contributed by atoms with van der Waals surface area (Å²) in [6.07, 6.45) is 3.24. The molecule has 3 aromatic heterocycles. The van der Waals surface area contributed by atoms with Gasteiger partial charge in [-0.15, -0.1) is 0 Å². The van der Waals surface area contributed by atoms with Crippen LogP contribution in [0.3, 0.4) is 0 Å². The smallest absolute Gasteiger partial charge is 0.260 e. The molecule has 0 radical (unpaired) electrons. The van der Waals surface area contributed by atoms with Gasteiger partial charge in [0.2, 0.25) is 4.96 Å². The quantitative estimate of drug-likeness (QED) is 0.751. The Balaban J connectivity index is 1.80. The monoisotopic (exact) mass is 289 g/mol. The predicted molar refractivity (Wildman–Crippen MR) is 73.8 cm³/mol. The fourth-order valence-corrected chi connectivity index (χ4v) is 2.42. The number of rotatable bonds is 3. The van der Waals surface area contributed by atoms with Crippen LogP contribution in [0.5, 0.6) is 0 Å². The third-order valence-corrected chi connectivity index (χ3v) is 3.55. The molecule has 3 heterocycles. The van der Waals surface area contributed by atoms with Gasteiger partial charge in [-0.05, 0) is 19.1 Å². The number of carbonyl (C=O) groups is 1. The van der Waals surface area contributed by atoms with Crippen LogP contribution in [0.2, 0.25) is 0 Å². The molecule has 0 saturated heterocycles. The summed E-state index contributed by atoms with van der Waals surface area (Å²) in [7, 11) is 0. The van der Waals surface area contributed by atoms with Gasteiger partial charge in [-0.2, -0.15) is 5.10 Å². The Bertz CT molecular complexity index is 790. The second kappa shape index (κ2) is 4.89. The molecule has 1 amide bonds. The zero-order chi connectivity index (χ0) is 14.1. The Kier molecular flexibility index (Phi) is 3.07. The zero-order valence-electron chi connectivity index (χ0n) is 10.5. The van der Waals surface area contributed by atoms with E-state index in [0.717, 1.165) is 4.96 Å². The highest BCUT2D eigenvalue weighted by molar-refractivity contribution is 7.14. The second-order valence-corrected chi connectivity index (χ2v) is 5.05. The van der Waals surface area contributed by atoms with Crippen LogP contribution in [0.4, 0.5) is 0 Å². The summed E-state index contributed by atoms with van der Waals surface area (Å²) in [6.45, 7) is 1.81. The molecule has 3 rings (SSSR count). The number of hydrogen-bond donors (Lipinski definition) is 2. The van der Waals surface area contributed by atoms with Gasteiger partial charge in [-0.3, -0.25) is 9.59 Å². The highest BCUT2D eigenvalue weighted by Crippen LogP contribution is 2.15. The van der Waals surface area contributed by atoms with Crippen LogP contribution in [0.25, 0.3) is 4.96 Å². The SMILES string of the molecule is CC(NC(=O)c1ccc[nH]c1=O)c1cn2ncsc2n1. The maximum absolute atomic E-state index is 12.0. The molecule has 0 bridgehead atoms. The molecule has 0 aliphatic heterocycles. The van der Waals surface area contributed by atoms with Crippen molar-refractivity contribution in [1.29, 1.82) is 0 Å². The van der Waals surface area contributed by atoms with Crippen molar-refractivity contribution in [2.24, 2.45) is 0 Å². The van der Waals surface area contributed by atoms with E-state index in [1.807, 2.05) is 6.92 Å². The normalized spacial score (nSPS) is 12.4. The molecule has 0 aliphatic carbocycles. The molecule has 0 aliphatic rings. The number of aromatic nitrogens is 4. The Morgan fingerprint density at radius 1 is 1.55 bits per heavy atom. The summed E-state index contributed by atoms with van der Waals surface area (Å²) in [5.74, 6) is -0.427. The molecule has 7 nitrogen and oxygen atoms in total. The summed E-state index contributed by atoms with van der Waals surface area (Å²) < 4.78 is 1.65. The lowest BCUT2D eigenvalue weighted by atomic mass is 10.2. The lowest BCUT2D eigenvalue weighted by molar-refractivity contribution is 0.0937. The molecular formula is C12H11N5O2S. The van der Waals surface area contributed by atoms with E-state index in [4.69, 9.17) is 0 Å². The van der Waals surface area contributed by atoms with Crippen molar-refractivity contribution in [1.82, 2.24) is 24.9 Å². The number of H-pyrrole nitrogens is 1. The van der Waals surface area contributed by atoms with Gasteiger partial charge in [0.05, 0.1) is 17.9 Å². The van der Waals surface area contributed by atoms with Gasteiger partial charge in [0.25, 0.3) is 11.5 Å². The number of nitrogens with one attached hydrogen (secondary N) is 2. The van der Waals surface area contributed by atoms with Gasteiger partial charge in [-0.1, -0.05) is 11.3 Å². The summed E-state index contributed by atoms with van der Waals surface area (Å²) in [4.78, 5) is 31.1. The minimum Gasteiger partial charge on any atom is -0.344 e. The van der Waals surface area contributed by atoms with Crippen LogP contribution < -0.4 is 10.9 Å². The number of hydrogen-bond acceptors (Lipinski definition) is 5. The van der Waals surface area contributed by atoms with Crippen LogP contribution in [0.1, 0.15) is 29.0 Å². The van der Waals surface area contributed by atoms with Crippen molar-refractivity contribution in [3.63, 3.8) is 0 Å². The average molecular weight is 289 g/mol. The van der Waals surface area contributed by atoms with E-state index in [1.54, 1.807) is 22.3 Å². The number of imidazole rings is 1. The first-order valence-electron chi connectivity index (χ1n) is 5.92. The second-order valence-electron chi connectivity index (χ2n) is 4.24. The fraction of sp³-hybridized carbons (Fsp3) is 0.167. The van der Waals surface area contributed by atoms with E-state index in [-0.39, 0.29) is 11.6 Å². The van der Waals surface area contributed by atoms with E-state index in [2.05, 4.69) is 20.4 Å². The molecule has 0 fully saturated rings.